The number of ether oxygens (including phenoxy) is 1. The highest BCUT2D eigenvalue weighted by atomic mass is 19.1. The molecule has 114 valence electrons. The van der Waals surface area contributed by atoms with E-state index in [2.05, 4.69) is 11.2 Å². The second kappa shape index (κ2) is 6.20. The van der Waals surface area contributed by atoms with Crippen molar-refractivity contribution in [2.45, 2.75) is 12.5 Å². The Labute approximate surface area is 125 Å². The highest BCUT2D eigenvalue weighted by Gasteiger charge is 2.30. The van der Waals surface area contributed by atoms with Crippen LogP contribution in [0.5, 0.6) is 11.7 Å². The first-order valence-corrected chi connectivity index (χ1v) is 6.20. The number of carbonyl (C=O) groups excluding carboxylic acids is 1. The summed E-state index contributed by atoms with van der Waals surface area (Å²) in [6.45, 7) is 1.52. The molecule has 0 aliphatic carbocycles. The topological polar surface area (TPSA) is 83.7 Å². The van der Waals surface area contributed by atoms with E-state index < -0.39 is 11.6 Å². The van der Waals surface area contributed by atoms with Gasteiger partial charge >= 0.3 is 6.03 Å². The summed E-state index contributed by atoms with van der Waals surface area (Å²) < 4.78 is 23.7. The smallest absolute Gasteiger partial charge is 0.340 e. The van der Waals surface area contributed by atoms with Crippen LogP contribution in [0.25, 0.3) is 0 Å². The number of nitrogens with one attached hydrogen (secondary N) is 2. The van der Waals surface area contributed by atoms with Crippen molar-refractivity contribution in [3.8, 4) is 24.0 Å². The summed E-state index contributed by atoms with van der Waals surface area (Å²) >= 11 is 0. The van der Waals surface area contributed by atoms with Crippen LogP contribution in [-0.4, -0.2) is 11.2 Å². The number of terminal acetylenes is 1. The molecule has 0 aliphatic heterocycles. The fourth-order valence-electron chi connectivity index (χ4n) is 1.69. The molecule has 0 bridgehead atoms. The van der Waals surface area contributed by atoms with Gasteiger partial charge in [-0.25, -0.2) is 14.7 Å². The number of urea groups is 1. The third-order valence-corrected chi connectivity index (χ3v) is 2.86. The molecule has 0 aliphatic rings. The second-order valence-corrected chi connectivity index (χ2v) is 4.51. The summed E-state index contributed by atoms with van der Waals surface area (Å²) in [6, 6.07) is 7.53. The van der Waals surface area contributed by atoms with E-state index in [0.29, 0.717) is 5.75 Å². The van der Waals surface area contributed by atoms with Crippen LogP contribution >= 0.6 is 0 Å². The first kappa shape index (κ1) is 15.4. The average Bonchev–Trinajstić information content (AvgIpc) is 2.98. The minimum absolute atomic E-state index is 0.120. The molecule has 1 atom stereocenters. The zero-order valence-corrected chi connectivity index (χ0v) is 11.6. The first-order valence-electron chi connectivity index (χ1n) is 6.20. The van der Waals surface area contributed by atoms with Gasteiger partial charge in [0.1, 0.15) is 17.3 Å². The number of furan rings is 1. The van der Waals surface area contributed by atoms with Crippen molar-refractivity contribution in [3.63, 3.8) is 0 Å². The highest BCUT2D eigenvalue weighted by Crippen LogP contribution is 2.29. The lowest BCUT2D eigenvalue weighted by molar-refractivity contribution is 0.154. The van der Waals surface area contributed by atoms with E-state index in [1.807, 2.05) is 0 Å². The van der Waals surface area contributed by atoms with Crippen molar-refractivity contribution in [1.82, 2.24) is 10.8 Å². The summed E-state index contributed by atoms with van der Waals surface area (Å²) in [4.78, 5) is 11.2. The number of carbonyl (C=O) groups is 1. The predicted molar refractivity (Wildman–Crippen MR) is 74.8 cm³/mol. The summed E-state index contributed by atoms with van der Waals surface area (Å²) in [5.41, 5.74) is 0.142. The van der Waals surface area contributed by atoms with Crippen molar-refractivity contribution in [2.24, 2.45) is 0 Å². The molecule has 2 rings (SSSR count). The van der Waals surface area contributed by atoms with Gasteiger partial charge < -0.3 is 14.5 Å². The largest absolute Gasteiger partial charge is 0.427 e. The van der Waals surface area contributed by atoms with E-state index in [4.69, 9.17) is 20.8 Å². The third-order valence-electron chi connectivity index (χ3n) is 2.86. The minimum atomic E-state index is -1.28. The second-order valence-electron chi connectivity index (χ2n) is 4.51. The monoisotopic (exact) mass is 304 g/mol. The van der Waals surface area contributed by atoms with E-state index in [-0.39, 0.29) is 17.5 Å². The van der Waals surface area contributed by atoms with Gasteiger partial charge in [-0.15, -0.1) is 6.42 Å². The van der Waals surface area contributed by atoms with Gasteiger partial charge in [0.25, 0.3) is 5.95 Å². The predicted octanol–water partition coefficient (Wildman–Crippen LogP) is 2.75. The molecule has 0 saturated carbocycles. The molecule has 0 fully saturated rings. The molecule has 1 heterocycles. The van der Waals surface area contributed by atoms with Crippen LogP contribution in [0.1, 0.15) is 12.7 Å². The minimum Gasteiger partial charge on any atom is -0.427 e. The third kappa shape index (κ3) is 3.37. The molecular formula is C15H13FN2O4. The lowest BCUT2D eigenvalue weighted by Gasteiger charge is -2.21. The van der Waals surface area contributed by atoms with Crippen molar-refractivity contribution < 1.29 is 23.5 Å². The summed E-state index contributed by atoms with van der Waals surface area (Å²) in [6.07, 6.45) is 5.40. The van der Waals surface area contributed by atoms with E-state index in [1.165, 1.54) is 48.8 Å². The van der Waals surface area contributed by atoms with Gasteiger partial charge in [-0.3, -0.25) is 5.21 Å². The first-order chi connectivity index (χ1) is 10.5. The summed E-state index contributed by atoms with van der Waals surface area (Å²) in [5, 5.41) is 10.9. The Morgan fingerprint density at radius 2 is 2.05 bits per heavy atom. The van der Waals surface area contributed by atoms with Gasteiger partial charge in [0, 0.05) is 6.07 Å². The molecular weight excluding hydrogens is 291 g/mol. The van der Waals surface area contributed by atoms with E-state index in [9.17, 15) is 9.18 Å². The van der Waals surface area contributed by atoms with Crippen LogP contribution in [0.15, 0.2) is 40.8 Å². The number of benzene rings is 1. The van der Waals surface area contributed by atoms with E-state index >= 15 is 0 Å². The average molecular weight is 304 g/mol. The molecule has 0 spiro atoms. The standard InChI is InChI=1S/C15H13FN2O4/c1-3-15(2,17-14(19)18-20)12-8-9-13(22-12)21-11-6-4-10(16)5-7-11/h1,4-9,20H,2H3,(H2,17,18,19). The van der Waals surface area contributed by atoms with Crippen LogP contribution in [-0.2, 0) is 5.54 Å². The van der Waals surface area contributed by atoms with Crippen molar-refractivity contribution in [2.75, 3.05) is 0 Å². The van der Waals surface area contributed by atoms with E-state index in [1.54, 1.807) is 0 Å². The Hall–Kier alpha value is -2.98. The molecule has 0 radical (unpaired) electrons. The molecule has 2 aromatic rings. The zero-order valence-electron chi connectivity index (χ0n) is 11.6. The van der Waals surface area contributed by atoms with Crippen LogP contribution in [0.4, 0.5) is 9.18 Å². The van der Waals surface area contributed by atoms with Gasteiger partial charge in [0.2, 0.25) is 0 Å². The van der Waals surface area contributed by atoms with Crippen molar-refractivity contribution in [3.05, 3.63) is 48.0 Å². The van der Waals surface area contributed by atoms with Gasteiger partial charge in [0.05, 0.1) is 0 Å². The van der Waals surface area contributed by atoms with Gasteiger partial charge in [-0.2, -0.15) is 0 Å². The zero-order chi connectivity index (χ0) is 16.2. The molecule has 3 N–H and O–H groups in total. The Balaban J connectivity index is 2.17. The summed E-state index contributed by atoms with van der Waals surface area (Å²) in [7, 11) is 0. The number of amides is 2. The SMILES string of the molecule is C#CC(C)(NC(=O)NO)c1ccc(Oc2ccc(F)cc2)o1. The van der Waals surface area contributed by atoms with Crippen molar-refractivity contribution >= 4 is 6.03 Å². The molecule has 0 saturated heterocycles. The summed E-state index contributed by atoms with van der Waals surface area (Å²) in [5.74, 6) is 2.71. The number of halogens is 1. The van der Waals surface area contributed by atoms with Crippen LogP contribution in [0, 0.1) is 18.2 Å². The fraction of sp³-hybridized carbons (Fsp3) is 0.133. The Bertz CT molecular complexity index is 705. The van der Waals surface area contributed by atoms with Crippen LogP contribution in [0.2, 0.25) is 0 Å². The molecule has 6 nitrogen and oxygen atoms in total. The molecule has 22 heavy (non-hydrogen) atoms. The van der Waals surface area contributed by atoms with Crippen LogP contribution < -0.4 is 15.5 Å². The molecule has 1 unspecified atom stereocenters. The Morgan fingerprint density at radius 3 is 2.64 bits per heavy atom. The lowest BCUT2D eigenvalue weighted by atomic mass is 10.0. The van der Waals surface area contributed by atoms with Gasteiger partial charge in [0.15, 0.2) is 5.54 Å². The molecule has 1 aromatic carbocycles. The van der Waals surface area contributed by atoms with Crippen molar-refractivity contribution in [1.29, 1.82) is 0 Å². The van der Waals surface area contributed by atoms with Gasteiger partial charge in [-0.1, -0.05) is 5.92 Å². The van der Waals surface area contributed by atoms with E-state index in [0.717, 1.165) is 0 Å². The number of rotatable bonds is 4. The maximum Gasteiger partial charge on any atom is 0.340 e. The Morgan fingerprint density at radius 1 is 1.36 bits per heavy atom. The quantitative estimate of drug-likeness (QED) is 0.461. The van der Waals surface area contributed by atoms with Crippen LogP contribution in [0.3, 0.4) is 0 Å². The Kier molecular flexibility index (Phi) is 4.34. The lowest BCUT2D eigenvalue weighted by Crippen LogP contribution is -2.46. The fourth-order valence-corrected chi connectivity index (χ4v) is 1.69. The normalized spacial score (nSPS) is 12.8. The van der Waals surface area contributed by atoms with Gasteiger partial charge in [-0.05, 0) is 37.3 Å². The molecule has 2 amide bonds. The number of hydroxylamine groups is 1. The number of hydrogen-bond acceptors (Lipinski definition) is 4. The maximum atomic E-state index is 12.8. The maximum absolute atomic E-state index is 12.8. The molecule has 1 aromatic heterocycles. The number of hydrogen-bond donors (Lipinski definition) is 3. The highest BCUT2D eigenvalue weighted by molar-refractivity contribution is 5.74. The molecule has 7 heteroatoms.